The molecule has 0 aliphatic carbocycles. The Morgan fingerprint density at radius 3 is 2.24 bits per heavy atom. The minimum atomic E-state index is -0.935. The second kappa shape index (κ2) is 17.1. The van der Waals surface area contributed by atoms with Crippen LogP contribution in [0, 0.1) is 0 Å². The number of aliphatic hydroxyl groups is 2. The van der Waals surface area contributed by atoms with Gasteiger partial charge < -0.3 is 29.5 Å². The van der Waals surface area contributed by atoms with Gasteiger partial charge in [-0.25, -0.2) is 4.79 Å². The summed E-state index contributed by atoms with van der Waals surface area (Å²) in [5, 5.41) is 25.5. The van der Waals surface area contributed by atoms with Crippen LogP contribution in [0.5, 0.6) is 0 Å². The molecule has 21 heavy (non-hydrogen) atoms. The number of carboxylic acid groups (broad SMARTS) is 1. The van der Waals surface area contributed by atoms with E-state index in [1.807, 2.05) is 0 Å². The third-order valence-electron chi connectivity index (χ3n) is 2.04. The molecule has 0 saturated heterocycles. The molecular formula is C14H28O7. The molecule has 0 heterocycles. The van der Waals surface area contributed by atoms with Crippen LogP contribution in [0.15, 0.2) is 12.2 Å². The van der Waals surface area contributed by atoms with Crippen LogP contribution in [0.1, 0.15) is 26.7 Å². The van der Waals surface area contributed by atoms with Crippen molar-refractivity contribution >= 4 is 5.97 Å². The van der Waals surface area contributed by atoms with Gasteiger partial charge in [-0.15, -0.1) is 0 Å². The van der Waals surface area contributed by atoms with E-state index >= 15 is 0 Å². The second-order valence-electron chi connectivity index (χ2n) is 4.18. The fourth-order valence-corrected chi connectivity index (χ4v) is 0.880. The number of unbranched alkanes of at least 4 members (excludes halogenated alkanes) is 1. The Hall–Kier alpha value is -0.990. The number of aliphatic carboxylic acids is 1. The molecule has 0 saturated carbocycles. The van der Waals surface area contributed by atoms with Crippen molar-refractivity contribution in [3.8, 4) is 0 Å². The first-order chi connectivity index (χ1) is 9.95. The molecule has 0 aromatic heterocycles. The van der Waals surface area contributed by atoms with Gasteiger partial charge in [-0.2, -0.15) is 0 Å². The van der Waals surface area contributed by atoms with Gasteiger partial charge in [0.15, 0.2) is 6.29 Å². The molecule has 0 bridgehead atoms. The van der Waals surface area contributed by atoms with Crippen LogP contribution < -0.4 is 0 Å². The van der Waals surface area contributed by atoms with Crippen molar-refractivity contribution in [3.05, 3.63) is 12.2 Å². The summed E-state index contributed by atoms with van der Waals surface area (Å²) < 4.78 is 15.1. The van der Waals surface area contributed by atoms with Gasteiger partial charge in [0.05, 0.1) is 33.0 Å². The summed E-state index contributed by atoms with van der Waals surface area (Å²) in [6.45, 7) is 8.53. The van der Waals surface area contributed by atoms with E-state index in [9.17, 15) is 9.90 Å². The SMILES string of the molecule is C=C(C)C(=O)O.CCCCOC(O)COCCOCCO. The zero-order valence-electron chi connectivity index (χ0n) is 12.9. The largest absolute Gasteiger partial charge is 0.478 e. The molecule has 1 unspecified atom stereocenters. The Kier molecular flexibility index (Phi) is 18.1. The standard InChI is InChI=1S/C10H22O5.C4H6O2/c1-2-3-5-15-10(12)9-14-8-7-13-6-4-11;1-3(2)4(5)6/h10-12H,2-9H2,1H3;1H2,2H3,(H,5,6). The van der Waals surface area contributed by atoms with Crippen molar-refractivity contribution in [1.29, 1.82) is 0 Å². The van der Waals surface area contributed by atoms with Gasteiger partial charge in [0.25, 0.3) is 0 Å². The average molecular weight is 308 g/mol. The quantitative estimate of drug-likeness (QED) is 0.278. The van der Waals surface area contributed by atoms with Crippen molar-refractivity contribution in [2.24, 2.45) is 0 Å². The Labute approximate surface area is 126 Å². The van der Waals surface area contributed by atoms with E-state index in [4.69, 9.17) is 24.4 Å². The predicted octanol–water partition coefficient (Wildman–Crippen LogP) is 0.794. The van der Waals surface area contributed by atoms with Gasteiger partial charge in [-0.05, 0) is 13.3 Å². The van der Waals surface area contributed by atoms with Crippen LogP contribution in [-0.4, -0.2) is 67.2 Å². The topological polar surface area (TPSA) is 105 Å². The van der Waals surface area contributed by atoms with Crippen LogP contribution in [-0.2, 0) is 19.0 Å². The minimum Gasteiger partial charge on any atom is -0.478 e. The Morgan fingerprint density at radius 2 is 1.76 bits per heavy atom. The van der Waals surface area contributed by atoms with Crippen molar-refractivity contribution < 1.29 is 34.3 Å². The smallest absolute Gasteiger partial charge is 0.330 e. The molecule has 0 aliphatic rings. The molecular weight excluding hydrogens is 280 g/mol. The number of carboxylic acids is 1. The first-order valence-corrected chi connectivity index (χ1v) is 6.90. The molecule has 3 N–H and O–H groups in total. The van der Waals surface area contributed by atoms with E-state index in [1.54, 1.807) is 0 Å². The Balaban J connectivity index is 0. The monoisotopic (exact) mass is 308 g/mol. The van der Waals surface area contributed by atoms with Crippen LogP contribution in [0.4, 0.5) is 0 Å². The molecule has 0 radical (unpaired) electrons. The van der Waals surface area contributed by atoms with E-state index in [0.717, 1.165) is 12.8 Å². The second-order valence-corrected chi connectivity index (χ2v) is 4.18. The fourth-order valence-electron chi connectivity index (χ4n) is 0.880. The highest BCUT2D eigenvalue weighted by Gasteiger charge is 2.02. The summed E-state index contributed by atoms with van der Waals surface area (Å²) >= 11 is 0. The zero-order valence-corrected chi connectivity index (χ0v) is 12.9. The Morgan fingerprint density at radius 1 is 1.19 bits per heavy atom. The molecule has 0 aromatic carbocycles. The van der Waals surface area contributed by atoms with E-state index in [2.05, 4.69) is 13.5 Å². The fraction of sp³-hybridized carbons (Fsp3) is 0.786. The molecule has 0 aliphatic heterocycles. The van der Waals surface area contributed by atoms with Gasteiger partial charge in [0.1, 0.15) is 0 Å². The number of rotatable bonds is 12. The summed E-state index contributed by atoms with van der Waals surface area (Å²) in [5.41, 5.74) is 0.176. The van der Waals surface area contributed by atoms with E-state index in [1.165, 1.54) is 6.92 Å². The van der Waals surface area contributed by atoms with Crippen molar-refractivity contribution in [3.63, 3.8) is 0 Å². The normalized spacial score (nSPS) is 11.4. The molecule has 7 heteroatoms. The summed E-state index contributed by atoms with van der Waals surface area (Å²) in [5.74, 6) is -0.935. The minimum absolute atomic E-state index is 0.0166. The van der Waals surface area contributed by atoms with Crippen molar-refractivity contribution in [1.82, 2.24) is 0 Å². The summed E-state index contributed by atoms with van der Waals surface area (Å²) in [7, 11) is 0. The maximum atomic E-state index is 9.60. The average Bonchev–Trinajstić information content (AvgIpc) is 2.43. The molecule has 1 atom stereocenters. The molecule has 0 rings (SSSR count). The molecule has 0 spiro atoms. The first kappa shape index (κ1) is 22.3. The number of hydrogen-bond donors (Lipinski definition) is 3. The van der Waals surface area contributed by atoms with Crippen LogP contribution in [0.3, 0.4) is 0 Å². The molecule has 0 aromatic rings. The van der Waals surface area contributed by atoms with Crippen molar-refractivity contribution in [2.75, 3.05) is 39.6 Å². The van der Waals surface area contributed by atoms with Crippen LogP contribution >= 0.6 is 0 Å². The van der Waals surface area contributed by atoms with Gasteiger partial charge in [0, 0.05) is 12.2 Å². The number of carbonyl (C=O) groups is 1. The zero-order chi connectivity index (χ0) is 16.5. The summed E-state index contributed by atoms with van der Waals surface area (Å²) in [6.07, 6.45) is 1.13. The van der Waals surface area contributed by atoms with Crippen LogP contribution in [0.2, 0.25) is 0 Å². The Bertz CT molecular complexity index is 244. The number of hydrogen-bond acceptors (Lipinski definition) is 6. The highest BCUT2D eigenvalue weighted by atomic mass is 16.6. The van der Waals surface area contributed by atoms with E-state index in [0.29, 0.717) is 26.4 Å². The maximum Gasteiger partial charge on any atom is 0.330 e. The van der Waals surface area contributed by atoms with E-state index in [-0.39, 0.29) is 18.8 Å². The molecule has 0 fully saturated rings. The number of aliphatic hydroxyl groups excluding tert-OH is 2. The lowest BCUT2D eigenvalue weighted by Gasteiger charge is -2.12. The van der Waals surface area contributed by atoms with E-state index < -0.39 is 12.3 Å². The highest BCUT2D eigenvalue weighted by Crippen LogP contribution is 1.93. The molecule has 0 amide bonds. The number of ether oxygens (including phenoxy) is 3. The lowest BCUT2D eigenvalue weighted by molar-refractivity contribution is -0.141. The van der Waals surface area contributed by atoms with Crippen molar-refractivity contribution in [2.45, 2.75) is 33.0 Å². The van der Waals surface area contributed by atoms with Gasteiger partial charge >= 0.3 is 5.97 Å². The highest BCUT2D eigenvalue weighted by molar-refractivity contribution is 5.84. The molecule has 126 valence electrons. The lowest BCUT2D eigenvalue weighted by atomic mass is 10.4. The van der Waals surface area contributed by atoms with Gasteiger partial charge in [-0.1, -0.05) is 19.9 Å². The first-order valence-electron chi connectivity index (χ1n) is 6.90. The predicted molar refractivity (Wildman–Crippen MR) is 78.0 cm³/mol. The van der Waals surface area contributed by atoms with Crippen LogP contribution in [0.25, 0.3) is 0 Å². The molecule has 7 nitrogen and oxygen atoms in total. The third kappa shape index (κ3) is 21.5. The van der Waals surface area contributed by atoms with Gasteiger partial charge in [0.2, 0.25) is 0 Å². The maximum absolute atomic E-state index is 9.60. The van der Waals surface area contributed by atoms with Gasteiger partial charge in [-0.3, -0.25) is 0 Å². The summed E-state index contributed by atoms with van der Waals surface area (Å²) in [6, 6.07) is 0. The summed E-state index contributed by atoms with van der Waals surface area (Å²) in [4.78, 5) is 9.60. The lowest BCUT2D eigenvalue weighted by Crippen LogP contribution is -2.21. The third-order valence-corrected chi connectivity index (χ3v) is 2.04.